The Kier molecular flexibility index (Phi) is 6.51. The lowest BCUT2D eigenvalue weighted by atomic mass is 10.4. The normalized spacial score (nSPS) is 15.5. The summed E-state index contributed by atoms with van der Waals surface area (Å²) in [6.45, 7) is 11.4. The van der Waals surface area contributed by atoms with Crippen LogP contribution < -0.4 is 10.6 Å². The van der Waals surface area contributed by atoms with Crippen molar-refractivity contribution >= 4 is 17.3 Å². The third-order valence-corrected chi connectivity index (χ3v) is 4.68. The molecule has 2 rings (SSSR count). The molecular weight excluding hydrogens is 280 g/mol. The molecular formula is C16H28N4S. The Labute approximate surface area is 132 Å². The summed E-state index contributed by atoms with van der Waals surface area (Å²) in [6.07, 6.45) is 2.75. The average Bonchev–Trinajstić information content (AvgIpc) is 3.23. The molecule has 0 radical (unpaired) electrons. The number of hydrogen-bond acceptors (Lipinski definition) is 3. The minimum Gasteiger partial charge on any atom is -0.357 e. The van der Waals surface area contributed by atoms with E-state index >= 15 is 0 Å². The molecule has 5 heteroatoms. The summed E-state index contributed by atoms with van der Waals surface area (Å²) in [4.78, 5) is 9.89. The summed E-state index contributed by atoms with van der Waals surface area (Å²) in [7, 11) is 0. The van der Waals surface area contributed by atoms with E-state index in [4.69, 9.17) is 0 Å². The Morgan fingerprint density at radius 1 is 1.33 bits per heavy atom. The maximum atomic E-state index is 4.67. The van der Waals surface area contributed by atoms with Gasteiger partial charge in [0.1, 0.15) is 0 Å². The van der Waals surface area contributed by atoms with Crippen molar-refractivity contribution in [2.24, 2.45) is 4.99 Å². The zero-order valence-corrected chi connectivity index (χ0v) is 14.3. The monoisotopic (exact) mass is 308 g/mol. The molecule has 0 aliphatic heterocycles. The van der Waals surface area contributed by atoms with Crippen LogP contribution in [0.3, 0.4) is 0 Å². The van der Waals surface area contributed by atoms with Crippen LogP contribution in [0.1, 0.15) is 36.4 Å². The van der Waals surface area contributed by atoms with Gasteiger partial charge in [0.05, 0.1) is 6.54 Å². The molecule has 2 N–H and O–H groups in total. The molecule has 0 amide bonds. The summed E-state index contributed by atoms with van der Waals surface area (Å²) < 4.78 is 0. The smallest absolute Gasteiger partial charge is 0.191 e. The lowest BCUT2D eigenvalue weighted by Gasteiger charge is -2.20. The summed E-state index contributed by atoms with van der Waals surface area (Å²) >= 11 is 1.82. The van der Waals surface area contributed by atoms with Gasteiger partial charge in [-0.3, -0.25) is 4.90 Å². The number of aryl methyl sites for hydroxylation is 1. The highest BCUT2D eigenvalue weighted by molar-refractivity contribution is 7.11. The van der Waals surface area contributed by atoms with Crippen molar-refractivity contribution < 1.29 is 0 Å². The fraction of sp³-hybridized carbons (Fsp3) is 0.688. The second kappa shape index (κ2) is 8.39. The molecule has 1 aromatic heterocycles. The van der Waals surface area contributed by atoms with Crippen molar-refractivity contribution in [3.63, 3.8) is 0 Å². The highest BCUT2D eigenvalue weighted by Gasteiger charge is 2.27. The zero-order valence-electron chi connectivity index (χ0n) is 13.5. The van der Waals surface area contributed by atoms with Crippen molar-refractivity contribution in [1.82, 2.24) is 15.5 Å². The van der Waals surface area contributed by atoms with E-state index in [1.54, 1.807) is 0 Å². The van der Waals surface area contributed by atoms with E-state index in [-0.39, 0.29) is 0 Å². The van der Waals surface area contributed by atoms with Gasteiger partial charge in [-0.15, -0.1) is 11.3 Å². The number of hydrogen-bond donors (Lipinski definition) is 2. The van der Waals surface area contributed by atoms with Crippen molar-refractivity contribution in [2.45, 2.75) is 46.2 Å². The van der Waals surface area contributed by atoms with Gasteiger partial charge in [-0.25, -0.2) is 4.99 Å². The second-order valence-corrected chi connectivity index (χ2v) is 6.87. The number of likely N-dealkylation sites (N-methyl/N-ethyl adjacent to an activating group) is 1. The van der Waals surface area contributed by atoms with Gasteiger partial charge >= 0.3 is 0 Å². The molecule has 118 valence electrons. The van der Waals surface area contributed by atoms with Crippen LogP contribution in [0.2, 0.25) is 0 Å². The van der Waals surface area contributed by atoms with Gasteiger partial charge in [0.25, 0.3) is 0 Å². The number of nitrogens with zero attached hydrogens (tertiary/aromatic N) is 2. The van der Waals surface area contributed by atoms with Crippen LogP contribution in [-0.2, 0) is 6.54 Å². The topological polar surface area (TPSA) is 39.7 Å². The average molecular weight is 308 g/mol. The molecule has 0 aromatic carbocycles. The minimum absolute atomic E-state index is 0.758. The van der Waals surface area contributed by atoms with Crippen molar-refractivity contribution in [1.29, 1.82) is 0 Å². The predicted octanol–water partition coefficient (Wildman–Crippen LogP) is 2.60. The Bertz CT molecular complexity index is 451. The molecule has 1 aromatic rings. The van der Waals surface area contributed by atoms with Gasteiger partial charge in [0.15, 0.2) is 5.96 Å². The number of rotatable bonds is 8. The van der Waals surface area contributed by atoms with Crippen LogP contribution in [0.5, 0.6) is 0 Å². The van der Waals surface area contributed by atoms with Gasteiger partial charge in [-0.2, -0.15) is 0 Å². The van der Waals surface area contributed by atoms with Crippen LogP contribution in [0.15, 0.2) is 17.1 Å². The Morgan fingerprint density at radius 3 is 2.71 bits per heavy atom. The minimum atomic E-state index is 0.758. The molecule has 21 heavy (non-hydrogen) atoms. The first-order chi connectivity index (χ1) is 10.2. The van der Waals surface area contributed by atoms with E-state index in [0.717, 1.165) is 44.7 Å². The molecule has 0 unspecified atom stereocenters. The first-order valence-electron chi connectivity index (χ1n) is 8.04. The summed E-state index contributed by atoms with van der Waals surface area (Å²) in [5, 5.41) is 6.77. The van der Waals surface area contributed by atoms with Crippen LogP contribution >= 0.6 is 11.3 Å². The summed E-state index contributed by atoms with van der Waals surface area (Å²) in [5.41, 5.74) is 0. The maximum absolute atomic E-state index is 4.67. The zero-order chi connectivity index (χ0) is 15.1. The lowest BCUT2D eigenvalue weighted by molar-refractivity contribution is 0.282. The SMILES string of the molecule is CCNC(=NCc1ccc(C)s1)NCCN(CC)C1CC1. The van der Waals surface area contributed by atoms with E-state index in [1.807, 2.05) is 11.3 Å². The van der Waals surface area contributed by atoms with E-state index in [0.29, 0.717) is 0 Å². The third kappa shape index (κ3) is 5.67. The van der Waals surface area contributed by atoms with Gasteiger partial charge in [-0.1, -0.05) is 6.92 Å². The standard InChI is InChI=1S/C16H28N4S/c1-4-17-16(19-12-15-9-6-13(3)21-15)18-10-11-20(5-2)14-7-8-14/h6,9,14H,4-5,7-8,10-12H2,1-3H3,(H2,17,18,19). The van der Waals surface area contributed by atoms with Gasteiger partial charge < -0.3 is 10.6 Å². The van der Waals surface area contributed by atoms with Crippen molar-refractivity contribution in [3.05, 3.63) is 21.9 Å². The van der Waals surface area contributed by atoms with E-state index < -0.39 is 0 Å². The van der Waals surface area contributed by atoms with E-state index in [1.165, 1.54) is 22.6 Å². The molecule has 0 spiro atoms. The van der Waals surface area contributed by atoms with Crippen LogP contribution in [0.4, 0.5) is 0 Å². The first-order valence-corrected chi connectivity index (χ1v) is 8.86. The summed E-state index contributed by atoms with van der Waals surface area (Å²) in [5.74, 6) is 0.926. The van der Waals surface area contributed by atoms with Crippen LogP contribution in [-0.4, -0.2) is 43.1 Å². The largest absolute Gasteiger partial charge is 0.357 e. The molecule has 1 saturated carbocycles. The maximum Gasteiger partial charge on any atom is 0.191 e. The molecule has 1 fully saturated rings. The molecule has 0 atom stereocenters. The Balaban J connectivity index is 1.77. The number of aliphatic imine (C=N–C) groups is 1. The molecule has 1 aliphatic carbocycles. The Morgan fingerprint density at radius 2 is 2.14 bits per heavy atom. The highest BCUT2D eigenvalue weighted by atomic mass is 32.1. The number of nitrogens with one attached hydrogen (secondary N) is 2. The van der Waals surface area contributed by atoms with Gasteiger partial charge in [0, 0.05) is 35.4 Å². The number of thiophene rings is 1. The van der Waals surface area contributed by atoms with E-state index in [2.05, 4.69) is 53.4 Å². The molecule has 0 saturated heterocycles. The molecule has 0 bridgehead atoms. The van der Waals surface area contributed by atoms with Crippen LogP contribution in [0, 0.1) is 6.92 Å². The first kappa shape index (κ1) is 16.3. The fourth-order valence-corrected chi connectivity index (χ4v) is 3.24. The highest BCUT2D eigenvalue weighted by Crippen LogP contribution is 2.25. The Hall–Kier alpha value is -1.07. The third-order valence-electron chi connectivity index (χ3n) is 3.69. The fourth-order valence-electron chi connectivity index (χ4n) is 2.43. The van der Waals surface area contributed by atoms with Crippen LogP contribution in [0.25, 0.3) is 0 Å². The van der Waals surface area contributed by atoms with Gasteiger partial charge in [0.2, 0.25) is 0 Å². The van der Waals surface area contributed by atoms with E-state index in [9.17, 15) is 0 Å². The molecule has 1 aliphatic rings. The van der Waals surface area contributed by atoms with Crippen molar-refractivity contribution in [2.75, 3.05) is 26.2 Å². The molecule has 4 nitrogen and oxygen atoms in total. The quantitative estimate of drug-likeness (QED) is 0.573. The molecule has 1 heterocycles. The predicted molar refractivity (Wildman–Crippen MR) is 92.1 cm³/mol. The van der Waals surface area contributed by atoms with Crippen molar-refractivity contribution in [3.8, 4) is 0 Å². The van der Waals surface area contributed by atoms with Gasteiger partial charge in [-0.05, 0) is 45.4 Å². The second-order valence-electron chi connectivity index (χ2n) is 5.49. The number of guanidine groups is 1. The lowest BCUT2D eigenvalue weighted by Crippen LogP contribution is -2.42. The summed E-state index contributed by atoms with van der Waals surface area (Å²) in [6, 6.07) is 5.16.